The van der Waals surface area contributed by atoms with Crippen molar-refractivity contribution in [2.24, 2.45) is 0 Å². The van der Waals surface area contributed by atoms with E-state index in [1.165, 1.54) is 12.1 Å². The fourth-order valence-corrected chi connectivity index (χ4v) is 1.42. The Morgan fingerprint density at radius 2 is 2.00 bits per heavy atom. The monoisotopic (exact) mass is 269 g/mol. The molecule has 1 aromatic carbocycles. The lowest BCUT2D eigenvalue weighted by Crippen LogP contribution is -2.43. The van der Waals surface area contributed by atoms with Crippen LogP contribution in [0.25, 0.3) is 0 Å². The molecule has 104 valence electrons. The molecule has 2 N–H and O–H groups in total. The highest BCUT2D eigenvalue weighted by Crippen LogP contribution is 2.22. The number of hydrogen-bond donors (Lipinski definition) is 2. The van der Waals surface area contributed by atoms with Gasteiger partial charge in [0.15, 0.2) is 18.2 Å². The minimum Gasteiger partial charge on any atom is -0.480 e. The van der Waals surface area contributed by atoms with Crippen molar-refractivity contribution in [3.05, 3.63) is 29.6 Å². The van der Waals surface area contributed by atoms with Gasteiger partial charge in [-0.1, -0.05) is 6.07 Å². The third-order valence-corrected chi connectivity index (χ3v) is 2.06. The zero-order chi connectivity index (χ0) is 14.6. The van der Waals surface area contributed by atoms with Gasteiger partial charge < -0.3 is 15.2 Å². The maximum Gasteiger partial charge on any atom is 0.339 e. The lowest BCUT2D eigenvalue weighted by atomic mass is 10.1. The Morgan fingerprint density at radius 3 is 2.53 bits per heavy atom. The lowest BCUT2D eigenvalue weighted by Gasteiger charge is -2.20. The van der Waals surface area contributed by atoms with Crippen molar-refractivity contribution in [2.75, 3.05) is 6.61 Å². The SMILES string of the molecule is CC(C)(C)NC(=O)COc1c(F)cccc1C(=O)O. The molecule has 0 radical (unpaired) electrons. The highest BCUT2D eigenvalue weighted by Gasteiger charge is 2.18. The second kappa shape index (κ2) is 5.69. The molecule has 19 heavy (non-hydrogen) atoms. The van der Waals surface area contributed by atoms with E-state index in [1.54, 1.807) is 20.8 Å². The number of carboxylic acids is 1. The zero-order valence-electron chi connectivity index (χ0n) is 11.0. The quantitative estimate of drug-likeness (QED) is 0.874. The molecule has 0 saturated heterocycles. The number of hydrogen-bond acceptors (Lipinski definition) is 3. The van der Waals surface area contributed by atoms with Crippen LogP contribution >= 0.6 is 0 Å². The van der Waals surface area contributed by atoms with E-state index >= 15 is 0 Å². The first-order chi connectivity index (χ1) is 8.70. The van der Waals surface area contributed by atoms with Crippen molar-refractivity contribution in [3.63, 3.8) is 0 Å². The first-order valence-corrected chi connectivity index (χ1v) is 5.66. The van der Waals surface area contributed by atoms with Crippen LogP contribution in [-0.2, 0) is 4.79 Å². The van der Waals surface area contributed by atoms with E-state index in [1.807, 2.05) is 0 Å². The highest BCUT2D eigenvalue weighted by molar-refractivity contribution is 5.91. The van der Waals surface area contributed by atoms with E-state index in [0.717, 1.165) is 6.07 Å². The smallest absolute Gasteiger partial charge is 0.339 e. The first-order valence-electron chi connectivity index (χ1n) is 5.66. The molecule has 0 spiro atoms. The molecule has 0 aliphatic rings. The Kier molecular flexibility index (Phi) is 4.47. The minimum atomic E-state index is -1.31. The van der Waals surface area contributed by atoms with Crippen molar-refractivity contribution in [1.82, 2.24) is 5.32 Å². The Balaban J connectivity index is 2.78. The topological polar surface area (TPSA) is 75.6 Å². The molecule has 1 amide bonds. The summed E-state index contributed by atoms with van der Waals surface area (Å²) in [6, 6.07) is 3.55. The van der Waals surface area contributed by atoms with Gasteiger partial charge >= 0.3 is 5.97 Å². The molecule has 0 atom stereocenters. The van der Waals surface area contributed by atoms with Gasteiger partial charge in [0.2, 0.25) is 0 Å². The zero-order valence-corrected chi connectivity index (χ0v) is 11.0. The molecular weight excluding hydrogens is 253 g/mol. The van der Waals surface area contributed by atoms with Gasteiger partial charge in [0, 0.05) is 5.54 Å². The van der Waals surface area contributed by atoms with E-state index in [4.69, 9.17) is 9.84 Å². The predicted molar refractivity (Wildman–Crippen MR) is 66.8 cm³/mol. The van der Waals surface area contributed by atoms with Crippen LogP contribution < -0.4 is 10.1 Å². The summed E-state index contributed by atoms with van der Waals surface area (Å²) in [6.07, 6.45) is 0. The number of amides is 1. The third-order valence-electron chi connectivity index (χ3n) is 2.06. The molecule has 0 bridgehead atoms. The number of halogens is 1. The van der Waals surface area contributed by atoms with Crippen LogP contribution in [0.3, 0.4) is 0 Å². The predicted octanol–water partition coefficient (Wildman–Crippen LogP) is 1.82. The number of carboxylic acid groups (broad SMARTS) is 1. The molecule has 1 aromatic rings. The third kappa shape index (κ3) is 4.57. The molecule has 0 aliphatic carbocycles. The number of ether oxygens (including phenoxy) is 1. The maximum atomic E-state index is 13.5. The molecule has 6 heteroatoms. The number of carbonyl (C=O) groups is 2. The number of carbonyl (C=O) groups excluding carboxylic acids is 1. The normalized spacial score (nSPS) is 10.9. The fraction of sp³-hybridized carbons (Fsp3) is 0.385. The van der Waals surface area contributed by atoms with E-state index in [9.17, 15) is 14.0 Å². The molecule has 0 heterocycles. The second-order valence-corrected chi connectivity index (χ2v) is 5.01. The lowest BCUT2D eigenvalue weighted by molar-refractivity contribution is -0.124. The van der Waals surface area contributed by atoms with Crippen LogP contribution in [0.5, 0.6) is 5.75 Å². The summed E-state index contributed by atoms with van der Waals surface area (Å²) in [5.74, 6) is -3.01. The van der Waals surface area contributed by atoms with Crippen LogP contribution in [0.2, 0.25) is 0 Å². The molecule has 1 rings (SSSR count). The van der Waals surface area contributed by atoms with Crippen molar-refractivity contribution in [3.8, 4) is 5.75 Å². The van der Waals surface area contributed by atoms with Crippen molar-refractivity contribution in [2.45, 2.75) is 26.3 Å². The molecule has 0 fully saturated rings. The molecule has 0 aromatic heterocycles. The minimum absolute atomic E-state index is 0.316. The number of rotatable bonds is 4. The molecule has 0 saturated carbocycles. The molecular formula is C13H16FNO4. The summed E-state index contributed by atoms with van der Waals surface area (Å²) in [5, 5.41) is 11.5. The van der Waals surface area contributed by atoms with Crippen LogP contribution in [0, 0.1) is 5.82 Å². The summed E-state index contributed by atoms with van der Waals surface area (Å²) >= 11 is 0. The standard InChI is InChI=1S/C13H16FNO4/c1-13(2,3)15-10(16)7-19-11-8(12(17)18)5-4-6-9(11)14/h4-6H,7H2,1-3H3,(H,15,16)(H,17,18). The van der Waals surface area contributed by atoms with Crippen LogP contribution in [0.15, 0.2) is 18.2 Å². The van der Waals surface area contributed by atoms with E-state index in [0.29, 0.717) is 0 Å². The Hall–Kier alpha value is -2.11. The number of benzene rings is 1. The van der Waals surface area contributed by atoms with Gasteiger partial charge in [-0.15, -0.1) is 0 Å². The summed E-state index contributed by atoms with van der Waals surface area (Å²) < 4.78 is 18.4. The van der Waals surface area contributed by atoms with Gasteiger partial charge in [-0.05, 0) is 32.9 Å². The number of aromatic carboxylic acids is 1. The Morgan fingerprint density at radius 1 is 1.37 bits per heavy atom. The van der Waals surface area contributed by atoms with Gasteiger partial charge in [0.05, 0.1) is 0 Å². The summed E-state index contributed by atoms with van der Waals surface area (Å²) in [4.78, 5) is 22.4. The number of nitrogens with one attached hydrogen (secondary N) is 1. The average Bonchev–Trinajstić information content (AvgIpc) is 2.24. The van der Waals surface area contributed by atoms with Crippen LogP contribution in [-0.4, -0.2) is 29.1 Å². The first kappa shape index (κ1) is 14.9. The summed E-state index contributed by atoms with van der Waals surface area (Å²) in [7, 11) is 0. The largest absolute Gasteiger partial charge is 0.480 e. The van der Waals surface area contributed by atoms with Crippen LogP contribution in [0.1, 0.15) is 31.1 Å². The Bertz CT molecular complexity index is 494. The second-order valence-electron chi connectivity index (χ2n) is 5.01. The van der Waals surface area contributed by atoms with E-state index in [2.05, 4.69) is 5.32 Å². The average molecular weight is 269 g/mol. The number of para-hydroxylation sites is 1. The van der Waals surface area contributed by atoms with E-state index < -0.39 is 35.6 Å². The van der Waals surface area contributed by atoms with Gasteiger partial charge in [0.1, 0.15) is 5.56 Å². The van der Waals surface area contributed by atoms with Crippen molar-refractivity contribution < 1.29 is 23.8 Å². The van der Waals surface area contributed by atoms with E-state index in [-0.39, 0.29) is 5.56 Å². The molecule has 0 aliphatic heterocycles. The highest BCUT2D eigenvalue weighted by atomic mass is 19.1. The maximum absolute atomic E-state index is 13.5. The van der Waals surface area contributed by atoms with Gasteiger partial charge in [-0.25, -0.2) is 9.18 Å². The summed E-state index contributed by atoms with van der Waals surface area (Å²) in [5.41, 5.74) is -0.755. The fourth-order valence-electron chi connectivity index (χ4n) is 1.42. The van der Waals surface area contributed by atoms with Crippen LogP contribution in [0.4, 0.5) is 4.39 Å². The van der Waals surface area contributed by atoms with Gasteiger partial charge in [-0.3, -0.25) is 4.79 Å². The Labute approximate surface area is 110 Å². The van der Waals surface area contributed by atoms with Gasteiger partial charge in [0.25, 0.3) is 5.91 Å². The van der Waals surface area contributed by atoms with Crippen molar-refractivity contribution >= 4 is 11.9 Å². The summed E-state index contributed by atoms with van der Waals surface area (Å²) in [6.45, 7) is 4.92. The van der Waals surface area contributed by atoms with Gasteiger partial charge in [-0.2, -0.15) is 0 Å². The molecule has 0 unspecified atom stereocenters. The van der Waals surface area contributed by atoms with Crippen molar-refractivity contribution in [1.29, 1.82) is 0 Å². The molecule has 5 nitrogen and oxygen atoms in total.